The lowest BCUT2D eigenvalue weighted by Gasteiger charge is -2.16. The molecule has 0 amide bonds. The molecular formula is C22H19Cl2N3O4S. The lowest BCUT2D eigenvalue weighted by atomic mass is 9.97. The maximum atomic E-state index is 13.0. The molecule has 0 radical (unpaired) electrons. The van der Waals surface area contributed by atoms with Gasteiger partial charge >= 0.3 is 0 Å². The van der Waals surface area contributed by atoms with Crippen molar-refractivity contribution in [1.29, 1.82) is 0 Å². The monoisotopic (exact) mass is 491 g/mol. The summed E-state index contributed by atoms with van der Waals surface area (Å²) in [7, 11) is -2.51. The number of hydrogen-bond acceptors (Lipinski definition) is 7. The second-order valence-corrected chi connectivity index (χ2v) is 10.00. The van der Waals surface area contributed by atoms with Crippen LogP contribution in [0.25, 0.3) is 0 Å². The molecule has 0 saturated carbocycles. The average Bonchev–Trinajstić information content (AvgIpc) is 3.26. The Balaban J connectivity index is 1.46. The molecule has 10 heteroatoms. The smallest absolute Gasteiger partial charge is 0.208 e. The molecule has 4 rings (SSSR count). The van der Waals surface area contributed by atoms with E-state index in [1.807, 2.05) is 6.08 Å². The number of halogens is 2. The van der Waals surface area contributed by atoms with Gasteiger partial charge < -0.3 is 4.74 Å². The van der Waals surface area contributed by atoms with E-state index >= 15 is 0 Å². The first-order chi connectivity index (χ1) is 15.3. The molecule has 0 bridgehead atoms. The minimum Gasteiger partial charge on any atom is -0.494 e. The number of allylic oxidation sites excluding steroid dienone is 1. The zero-order valence-electron chi connectivity index (χ0n) is 17.0. The Hall–Kier alpha value is -2.68. The number of nitrogens with zero attached hydrogens (tertiary/aromatic N) is 2. The average molecular weight is 492 g/mol. The van der Waals surface area contributed by atoms with E-state index in [9.17, 15) is 13.2 Å². The van der Waals surface area contributed by atoms with Gasteiger partial charge in [-0.1, -0.05) is 41.4 Å². The van der Waals surface area contributed by atoms with Crippen molar-refractivity contribution in [2.24, 2.45) is 16.0 Å². The van der Waals surface area contributed by atoms with Crippen LogP contribution < -0.4 is 10.2 Å². The molecule has 32 heavy (non-hydrogen) atoms. The number of nitrogens with one attached hydrogen (secondary N) is 1. The number of rotatable bonds is 7. The van der Waals surface area contributed by atoms with Crippen molar-refractivity contribution in [3.63, 3.8) is 0 Å². The molecule has 2 atom stereocenters. The third-order valence-corrected chi connectivity index (χ3v) is 7.86. The number of fused-ring (bicyclic) bond motifs is 1. The number of hydrazone groups is 1. The van der Waals surface area contributed by atoms with Crippen LogP contribution in [-0.2, 0) is 21.1 Å². The number of hydrogen-bond donors (Lipinski definition) is 1. The third-order valence-electron chi connectivity index (χ3n) is 5.27. The van der Waals surface area contributed by atoms with Crippen molar-refractivity contribution in [3.05, 3.63) is 63.7 Å². The summed E-state index contributed by atoms with van der Waals surface area (Å²) < 4.78 is 31.2. The number of sulfone groups is 1. The van der Waals surface area contributed by atoms with E-state index in [1.165, 1.54) is 31.4 Å². The molecular weight excluding hydrogens is 473 g/mol. The maximum absolute atomic E-state index is 13.0. The summed E-state index contributed by atoms with van der Waals surface area (Å²) in [5.41, 5.74) is 4.26. The predicted octanol–water partition coefficient (Wildman–Crippen LogP) is 3.88. The zero-order valence-corrected chi connectivity index (χ0v) is 19.3. The third kappa shape index (κ3) is 4.30. The lowest BCUT2D eigenvalue weighted by molar-refractivity contribution is -0.115. The molecule has 2 unspecified atom stereocenters. The number of aliphatic imine (C=N–C) groups is 1. The van der Waals surface area contributed by atoms with Gasteiger partial charge in [0.15, 0.2) is 11.5 Å². The van der Waals surface area contributed by atoms with Gasteiger partial charge in [-0.2, -0.15) is 5.10 Å². The van der Waals surface area contributed by atoms with E-state index in [0.29, 0.717) is 12.0 Å². The summed E-state index contributed by atoms with van der Waals surface area (Å²) >= 11 is 12.2. The van der Waals surface area contributed by atoms with E-state index in [0.717, 1.165) is 5.56 Å². The predicted molar refractivity (Wildman–Crippen MR) is 124 cm³/mol. The lowest BCUT2D eigenvalue weighted by Crippen LogP contribution is -2.28. The Morgan fingerprint density at radius 2 is 1.91 bits per heavy atom. The number of aryl methyl sites for hydroxylation is 1. The van der Waals surface area contributed by atoms with Gasteiger partial charge in [0.05, 0.1) is 27.8 Å². The van der Waals surface area contributed by atoms with Gasteiger partial charge in [-0.05, 0) is 36.2 Å². The number of dihydropyridines is 1. The highest BCUT2D eigenvalue weighted by molar-refractivity contribution is 7.91. The first-order valence-electron chi connectivity index (χ1n) is 9.74. The van der Waals surface area contributed by atoms with Gasteiger partial charge in [0, 0.05) is 24.4 Å². The van der Waals surface area contributed by atoms with Crippen molar-refractivity contribution in [3.8, 4) is 5.75 Å². The van der Waals surface area contributed by atoms with Crippen LogP contribution in [0.15, 0.2) is 67.9 Å². The van der Waals surface area contributed by atoms with Crippen LogP contribution in [0.5, 0.6) is 5.75 Å². The molecule has 0 fully saturated rings. The Morgan fingerprint density at radius 3 is 2.62 bits per heavy atom. The molecule has 2 aliphatic rings. The van der Waals surface area contributed by atoms with Crippen LogP contribution >= 0.6 is 23.2 Å². The number of methoxy groups -OCH3 is 1. The SMILES string of the molecule is COc1c(Cl)ccc(S(=O)(=O)c2ccc(CCC(=O)C3=CC4C=NNC4N=C3)cc2)c1Cl. The molecule has 0 aliphatic carbocycles. The second kappa shape index (κ2) is 9.05. The summed E-state index contributed by atoms with van der Waals surface area (Å²) in [6.07, 6.45) is 5.80. The highest BCUT2D eigenvalue weighted by Crippen LogP contribution is 2.39. The van der Waals surface area contributed by atoms with Gasteiger partial charge in [-0.3, -0.25) is 15.2 Å². The molecule has 2 heterocycles. The summed E-state index contributed by atoms with van der Waals surface area (Å²) in [6, 6.07) is 9.16. The largest absolute Gasteiger partial charge is 0.494 e. The van der Waals surface area contributed by atoms with E-state index in [-0.39, 0.29) is 49.9 Å². The van der Waals surface area contributed by atoms with E-state index < -0.39 is 9.84 Å². The normalized spacial score (nSPS) is 19.3. The molecule has 0 aromatic heterocycles. The van der Waals surface area contributed by atoms with Gasteiger partial charge in [0.2, 0.25) is 9.84 Å². The highest BCUT2D eigenvalue weighted by Gasteiger charge is 2.26. The summed E-state index contributed by atoms with van der Waals surface area (Å²) in [4.78, 5) is 16.8. The second-order valence-electron chi connectivity index (χ2n) is 7.29. The van der Waals surface area contributed by atoms with Crippen molar-refractivity contribution >= 4 is 51.3 Å². The van der Waals surface area contributed by atoms with E-state index in [2.05, 4.69) is 15.5 Å². The summed E-state index contributed by atoms with van der Waals surface area (Å²) in [6.45, 7) is 0. The van der Waals surface area contributed by atoms with Crippen LogP contribution in [0.3, 0.4) is 0 Å². The molecule has 2 aromatic rings. The summed E-state index contributed by atoms with van der Waals surface area (Å²) in [5, 5.41) is 4.12. The van der Waals surface area contributed by atoms with Gasteiger partial charge in [0.1, 0.15) is 11.2 Å². The number of ether oxygens (including phenoxy) is 1. The first-order valence-corrected chi connectivity index (χ1v) is 12.0. The van der Waals surface area contributed by atoms with Crippen LogP contribution in [0, 0.1) is 5.92 Å². The molecule has 0 saturated heterocycles. The van der Waals surface area contributed by atoms with E-state index in [1.54, 1.807) is 24.6 Å². The minimum absolute atomic E-state index is 0.0123. The number of carbonyl (C=O) groups excluding carboxylic acids is 1. The summed E-state index contributed by atoms with van der Waals surface area (Å²) in [5.74, 6) is 0.0714. The van der Waals surface area contributed by atoms with Gasteiger partial charge in [-0.15, -0.1) is 0 Å². The molecule has 2 aromatic carbocycles. The molecule has 166 valence electrons. The maximum Gasteiger partial charge on any atom is 0.208 e. The molecule has 0 spiro atoms. The van der Waals surface area contributed by atoms with Gasteiger partial charge in [0.25, 0.3) is 0 Å². The molecule has 7 nitrogen and oxygen atoms in total. The first kappa shape index (κ1) is 22.5. The topological polar surface area (TPSA) is 97.2 Å². The molecule has 2 aliphatic heterocycles. The minimum atomic E-state index is -3.87. The van der Waals surface area contributed by atoms with Crippen LogP contribution in [0.2, 0.25) is 10.0 Å². The van der Waals surface area contributed by atoms with Crippen molar-refractivity contribution in [2.75, 3.05) is 7.11 Å². The van der Waals surface area contributed by atoms with Crippen LogP contribution in [0.4, 0.5) is 0 Å². The van der Waals surface area contributed by atoms with Crippen molar-refractivity contribution < 1.29 is 17.9 Å². The van der Waals surface area contributed by atoms with Crippen molar-refractivity contribution in [1.82, 2.24) is 5.43 Å². The number of ketones is 1. The quantitative estimate of drug-likeness (QED) is 0.633. The number of Topliss-reactive ketones (excluding diaryl/α,β-unsaturated/α-hetero) is 1. The fourth-order valence-electron chi connectivity index (χ4n) is 3.49. The van der Waals surface area contributed by atoms with Gasteiger partial charge in [-0.25, -0.2) is 8.42 Å². The Labute approximate surface area is 195 Å². The number of benzene rings is 2. The fourth-order valence-corrected chi connectivity index (χ4v) is 5.64. The van der Waals surface area contributed by atoms with Crippen LogP contribution in [-0.4, -0.2) is 39.9 Å². The standard InChI is InChI=1S/C22H19Cl2N3O4S/c1-31-21-17(23)7-9-19(20(21)24)32(29,30)16-5-2-13(3-6-16)4-8-18(28)14-10-15-12-26-27-22(15)25-11-14/h2-3,5-7,9-12,15,22,27H,4,8H2,1H3. The molecule has 1 N–H and O–H groups in total. The number of carbonyl (C=O) groups is 1. The zero-order chi connectivity index (χ0) is 22.9. The van der Waals surface area contributed by atoms with Crippen molar-refractivity contribution in [2.45, 2.75) is 28.8 Å². The Bertz CT molecular complexity index is 1250. The fraction of sp³-hybridized carbons (Fsp3) is 0.227. The Kier molecular flexibility index (Phi) is 6.37. The van der Waals surface area contributed by atoms with Crippen LogP contribution in [0.1, 0.15) is 12.0 Å². The Morgan fingerprint density at radius 1 is 1.16 bits per heavy atom. The van der Waals surface area contributed by atoms with E-state index in [4.69, 9.17) is 27.9 Å². The highest BCUT2D eigenvalue weighted by atomic mass is 35.5.